The van der Waals surface area contributed by atoms with Crippen LogP contribution in [0.25, 0.3) is 10.9 Å². The summed E-state index contributed by atoms with van der Waals surface area (Å²) in [4.78, 5) is 7.09. The lowest BCUT2D eigenvalue weighted by Gasteiger charge is -2.42. The van der Waals surface area contributed by atoms with Crippen LogP contribution in [0.4, 0.5) is 15.8 Å². The molecule has 0 amide bonds. The van der Waals surface area contributed by atoms with Gasteiger partial charge in [-0.15, -0.1) is 5.53 Å². The molecule has 8 nitrogen and oxygen atoms in total. The molecule has 0 bridgehead atoms. The number of halogens is 2. The van der Waals surface area contributed by atoms with E-state index in [1.165, 1.54) is 12.1 Å². The van der Waals surface area contributed by atoms with Gasteiger partial charge in [-0.05, 0) is 75.4 Å². The first-order valence-electron chi connectivity index (χ1n) is 16.3. The summed E-state index contributed by atoms with van der Waals surface area (Å²) in [6, 6.07) is 22.8. The van der Waals surface area contributed by atoms with E-state index in [9.17, 15) is 9.65 Å². The molecule has 4 aromatic rings. The highest BCUT2D eigenvalue weighted by Gasteiger charge is 2.32. The summed E-state index contributed by atoms with van der Waals surface area (Å²) in [5.41, 5.74) is 12.3. The second-order valence-corrected chi connectivity index (χ2v) is 13.7. The molecule has 47 heavy (non-hydrogen) atoms. The van der Waals surface area contributed by atoms with Crippen LogP contribution >= 0.6 is 11.6 Å². The molecule has 244 valence electrons. The van der Waals surface area contributed by atoms with Gasteiger partial charge < -0.3 is 16.1 Å². The van der Waals surface area contributed by atoms with Gasteiger partial charge in [0, 0.05) is 48.1 Å². The van der Waals surface area contributed by atoms with E-state index in [-0.39, 0.29) is 23.4 Å². The third-order valence-electron chi connectivity index (χ3n) is 9.21. The van der Waals surface area contributed by atoms with Crippen molar-refractivity contribution in [3.05, 3.63) is 112 Å². The Kier molecular flexibility index (Phi) is 9.55. The molecule has 3 heterocycles. The van der Waals surface area contributed by atoms with Crippen LogP contribution < -0.4 is 21.6 Å². The van der Waals surface area contributed by atoms with Gasteiger partial charge in [0.2, 0.25) is 0 Å². The van der Waals surface area contributed by atoms with Crippen molar-refractivity contribution in [1.29, 1.82) is 5.26 Å². The van der Waals surface area contributed by atoms with Gasteiger partial charge >= 0.3 is 0 Å². The minimum absolute atomic E-state index is 0.0172. The molecule has 0 unspecified atom stereocenters. The topological polar surface area (TPSA) is 91.3 Å². The second kappa shape index (κ2) is 13.8. The van der Waals surface area contributed by atoms with E-state index in [0.29, 0.717) is 27.8 Å². The Bertz CT molecular complexity index is 1770. The number of fused-ring (bicyclic) bond motifs is 1. The maximum absolute atomic E-state index is 14.0. The Morgan fingerprint density at radius 2 is 1.77 bits per heavy atom. The zero-order valence-corrected chi connectivity index (χ0v) is 28.1. The zero-order chi connectivity index (χ0) is 33.1. The first-order valence-corrected chi connectivity index (χ1v) is 16.6. The van der Waals surface area contributed by atoms with Crippen molar-refractivity contribution in [2.24, 2.45) is 0 Å². The van der Waals surface area contributed by atoms with E-state index >= 15 is 0 Å². The summed E-state index contributed by atoms with van der Waals surface area (Å²) in [5, 5.41) is 20.7. The zero-order valence-electron chi connectivity index (χ0n) is 27.3. The van der Waals surface area contributed by atoms with Crippen LogP contribution in [-0.2, 0) is 0 Å². The molecule has 2 aliphatic rings. The Hall–Kier alpha value is -4.36. The molecular formula is C37H42ClFN8. The number of anilines is 2. The number of rotatable bonds is 9. The summed E-state index contributed by atoms with van der Waals surface area (Å²) in [5.74, 6) is -0.297. The molecule has 0 spiro atoms. The highest BCUT2D eigenvalue weighted by Crippen LogP contribution is 2.38. The molecule has 3 aromatic carbocycles. The molecular weight excluding hydrogens is 611 g/mol. The highest BCUT2D eigenvalue weighted by molar-refractivity contribution is 6.35. The summed E-state index contributed by atoms with van der Waals surface area (Å²) < 4.78 is 14.0. The number of hydrogen-bond acceptors (Lipinski definition) is 8. The molecule has 6 rings (SSSR count). The number of nitrogens with one attached hydrogen (secondary N) is 4. The van der Waals surface area contributed by atoms with Crippen LogP contribution in [0.15, 0.2) is 84.8 Å². The van der Waals surface area contributed by atoms with Crippen LogP contribution in [0.3, 0.4) is 0 Å². The normalized spacial score (nSPS) is 17.1. The standard InChI is InChI=1S/C37H42ClFN8/c1-5-32(24-9-7-6-8-10-24)43-34-26(21-40)22-41-36-30(34)19-28(20-31(36)38)42-35(25-11-13-27(39)14-12-25)33-23-47(45-44-33)29-15-17-46(18-16-29)37(2,3)4/h6-14,19-20,22-23,29,32,35,42,44-45H,5,15-18H2,1-4H3,(H,41,43)/t32-,35+/m1/s1. The molecule has 4 N–H and O–H groups in total. The fourth-order valence-electron chi connectivity index (χ4n) is 6.53. The molecule has 1 saturated heterocycles. The molecule has 0 radical (unpaired) electrons. The third kappa shape index (κ3) is 7.15. The first-order chi connectivity index (χ1) is 22.6. The van der Waals surface area contributed by atoms with Crippen molar-refractivity contribution < 1.29 is 4.39 Å². The quantitative estimate of drug-likeness (QED) is 0.144. The van der Waals surface area contributed by atoms with Crippen LogP contribution in [-0.4, -0.2) is 39.6 Å². The predicted octanol–water partition coefficient (Wildman–Crippen LogP) is 8.04. The number of hydrogen-bond donors (Lipinski definition) is 4. The van der Waals surface area contributed by atoms with Gasteiger partial charge in [-0.25, -0.2) is 4.39 Å². The lowest BCUT2D eigenvalue weighted by molar-refractivity contribution is 0.0570. The average molecular weight is 653 g/mol. The van der Waals surface area contributed by atoms with Crippen LogP contribution in [0.5, 0.6) is 0 Å². The van der Waals surface area contributed by atoms with E-state index in [2.05, 4.69) is 88.6 Å². The predicted molar refractivity (Wildman–Crippen MR) is 188 cm³/mol. The molecule has 10 heteroatoms. The molecule has 2 aliphatic heterocycles. The molecule has 0 aliphatic carbocycles. The van der Waals surface area contributed by atoms with Crippen molar-refractivity contribution in [2.75, 3.05) is 23.7 Å². The van der Waals surface area contributed by atoms with E-state index in [1.54, 1.807) is 18.3 Å². The monoisotopic (exact) mass is 652 g/mol. The van der Waals surface area contributed by atoms with Gasteiger partial charge in [0.05, 0.1) is 39.6 Å². The van der Waals surface area contributed by atoms with Gasteiger partial charge in [-0.3, -0.25) is 14.9 Å². The maximum atomic E-state index is 14.0. The largest absolute Gasteiger partial charge is 0.377 e. The van der Waals surface area contributed by atoms with Gasteiger partial charge in [0.1, 0.15) is 11.9 Å². The van der Waals surface area contributed by atoms with Gasteiger partial charge in [0.15, 0.2) is 0 Å². The van der Waals surface area contributed by atoms with Crippen molar-refractivity contribution in [2.45, 2.75) is 70.6 Å². The van der Waals surface area contributed by atoms with Gasteiger partial charge in [-0.2, -0.15) is 5.26 Å². The average Bonchev–Trinajstić information content (AvgIpc) is 3.57. The van der Waals surface area contributed by atoms with Gasteiger partial charge in [0.25, 0.3) is 0 Å². The van der Waals surface area contributed by atoms with Crippen LogP contribution in [0.2, 0.25) is 5.02 Å². The fourth-order valence-corrected chi connectivity index (χ4v) is 6.80. The summed E-state index contributed by atoms with van der Waals surface area (Å²) in [6.45, 7) is 11.0. The van der Waals surface area contributed by atoms with Crippen LogP contribution in [0.1, 0.15) is 75.7 Å². The molecule has 0 saturated carbocycles. The number of piperidine rings is 1. The SMILES string of the molecule is CC[C@@H](Nc1c(C#N)cnc2c(Cl)cc(N[C@H](C3=CN(C4CCN(C(C)(C)C)CC4)NN3)c3ccc(F)cc3)cc12)c1ccccc1. The number of pyridine rings is 1. The summed E-state index contributed by atoms with van der Waals surface area (Å²) >= 11 is 6.88. The van der Waals surface area contributed by atoms with Crippen molar-refractivity contribution in [3.63, 3.8) is 0 Å². The van der Waals surface area contributed by atoms with E-state index in [0.717, 1.165) is 60.2 Å². The fraction of sp³-hybridized carbons (Fsp3) is 0.351. The van der Waals surface area contributed by atoms with Crippen molar-refractivity contribution in [3.8, 4) is 6.07 Å². The lowest BCUT2D eigenvalue weighted by Crippen LogP contribution is -2.52. The van der Waals surface area contributed by atoms with E-state index in [1.807, 2.05) is 30.3 Å². The second-order valence-electron chi connectivity index (χ2n) is 13.3. The van der Waals surface area contributed by atoms with E-state index < -0.39 is 0 Å². The number of aromatic nitrogens is 1. The van der Waals surface area contributed by atoms with Crippen molar-refractivity contribution in [1.82, 2.24) is 25.9 Å². The smallest absolute Gasteiger partial charge is 0.123 e. The number of nitriles is 1. The Balaban J connectivity index is 1.33. The molecule has 2 atom stereocenters. The molecule has 1 aromatic heterocycles. The number of nitrogens with zero attached hydrogens (tertiary/aromatic N) is 4. The lowest BCUT2D eigenvalue weighted by atomic mass is 9.98. The van der Waals surface area contributed by atoms with Crippen LogP contribution in [0, 0.1) is 17.1 Å². The first kappa shape index (κ1) is 32.6. The van der Waals surface area contributed by atoms with Gasteiger partial charge in [-0.1, -0.05) is 61.0 Å². The molecule has 1 fully saturated rings. The third-order valence-corrected chi connectivity index (χ3v) is 9.50. The van der Waals surface area contributed by atoms with Crippen molar-refractivity contribution >= 4 is 33.9 Å². The summed E-state index contributed by atoms with van der Waals surface area (Å²) in [7, 11) is 0. The number of likely N-dealkylation sites (tertiary alicyclic amines) is 1. The Morgan fingerprint density at radius 1 is 1.04 bits per heavy atom. The minimum Gasteiger partial charge on any atom is -0.377 e. The Morgan fingerprint density at radius 3 is 2.43 bits per heavy atom. The Labute approximate surface area is 281 Å². The minimum atomic E-state index is -0.354. The highest BCUT2D eigenvalue weighted by atomic mass is 35.5. The number of hydrazine groups is 2. The number of benzene rings is 3. The maximum Gasteiger partial charge on any atom is 0.123 e. The van der Waals surface area contributed by atoms with E-state index in [4.69, 9.17) is 11.6 Å². The summed E-state index contributed by atoms with van der Waals surface area (Å²) in [6.07, 6.45) is 6.57.